The van der Waals surface area contributed by atoms with Crippen LogP contribution in [0.3, 0.4) is 0 Å². The SMILES string of the molecule is O=C(O)CCCNC(=O)/C(=C/c1cccc([N+](=O)[O-])c1)NC(=O)c1ccccc1Cl. The molecule has 0 aliphatic carbocycles. The molecule has 0 atom stereocenters. The molecule has 2 aromatic carbocycles. The molecule has 30 heavy (non-hydrogen) atoms. The Morgan fingerprint density at radius 2 is 1.87 bits per heavy atom. The standard InChI is InChI=1S/C20H18ClN3O6/c21-16-8-2-1-7-15(16)19(27)23-17(20(28)22-10-4-9-18(25)26)12-13-5-3-6-14(11-13)24(29)30/h1-3,5-8,11-12H,4,9-10H2,(H,22,28)(H,23,27)(H,25,26)/b17-12-. The highest BCUT2D eigenvalue weighted by molar-refractivity contribution is 6.34. The number of rotatable bonds is 9. The van der Waals surface area contributed by atoms with Crippen molar-refractivity contribution in [2.45, 2.75) is 12.8 Å². The fourth-order valence-corrected chi connectivity index (χ4v) is 2.65. The molecule has 0 aliphatic rings. The number of carbonyl (C=O) groups is 3. The molecule has 0 unspecified atom stereocenters. The van der Waals surface area contributed by atoms with Crippen LogP contribution in [0.5, 0.6) is 0 Å². The van der Waals surface area contributed by atoms with Gasteiger partial charge in [-0.25, -0.2) is 0 Å². The van der Waals surface area contributed by atoms with Crippen LogP contribution in [-0.4, -0.2) is 34.4 Å². The second-order valence-electron chi connectivity index (χ2n) is 6.10. The van der Waals surface area contributed by atoms with Gasteiger partial charge in [0.25, 0.3) is 17.5 Å². The van der Waals surface area contributed by atoms with Crippen LogP contribution in [0.1, 0.15) is 28.8 Å². The number of nitrogens with zero attached hydrogens (tertiary/aromatic N) is 1. The van der Waals surface area contributed by atoms with Crippen molar-refractivity contribution in [3.8, 4) is 0 Å². The third kappa shape index (κ3) is 6.71. The van der Waals surface area contributed by atoms with Crippen LogP contribution in [-0.2, 0) is 9.59 Å². The summed E-state index contributed by atoms with van der Waals surface area (Å²) in [6, 6.07) is 11.8. The smallest absolute Gasteiger partial charge is 0.303 e. The molecule has 0 fully saturated rings. The number of carboxylic acid groups (broad SMARTS) is 1. The summed E-state index contributed by atoms with van der Waals surface area (Å²) in [5.41, 5.74) is 0.111. The maximum atomic E-state index is 12.6. The van der Waals surface area contributed by atoms with Crippen molar-refractivity contribution in [1.29, 1.82) is 0 Å². The van der Waals surface area contributed by atoms with Gasteiger partial charge in [-0.2, -0.15) is 0 Å². The van der Waals surface area contributed by atoms with E-state index in [0.717, 1.165) is 0 Å². The number of nitro benzene ring substituents is 1. The molecule has 0 spiro atoms. The zero-order chi connectivity index (χ0) is 22.1. The van der Waals surface area contributed by atoms with Crippen LogP contribution in [0.2, 0.25) is 5.02 Å². The number of carboxylic acids is 1. The first-order valence-electron chi connectivity index (χ1n) is 8.80. The van der Waals surface area contributed by atoms with Crippen molar-refractivity contribution in [2.75, 3.05) is 6.54 Å². The van der Waals surface area contributed by atoms with Gasteiger partial charge in [0.2, 0.25) is 0 Å². The van der Waals surface area contributed by atoms with Gasteiger partial charge in [0.1, 0.15) is 5.70 Å². The van der Waals surface area contributed by atoms with E-state index in [1.54, 1.807) is 12.1 Å². The van der Waals surface area contributed by atoms with Crippen molar-refractivity contribution in [2.24, 2.45) is 0 Å². The molecule has 2 aromatic rings. The lowest BCUT2D eigenvalue weighted by molar-refractivity contribution is -0.384. The number of non-ortho nitro benzene ring substituents is 1. The number of amides is 2. The van der Waals surface area contributed by atoms with Crippen LogP contribution in [0.25, 0.3) is 6.08 Å². The van der Waals surface area contributed by atoms with Gasteiger partial charge >= 0.3 is 5.97 Å². The fraction of sp³-hybridized carbons (Fsp3) is 0.150. The monoisotopic (exact) mass is 431 g/mol. The summed E-state index contributed by atoms with van der Waals surface area (Å²) in [4.78, 5) is 46.1. The largest absolute Gasteiger partial charge is 0.481 e. The van der Waals surface area contributed by atoms with E-state index >= 15 is 0 Å². The molecule has 0 radical (unpaired) electrons. The Hall–Kier alpha value is -3.72. The maximum absolute atomic E-state index is 12.6. The Labute approximate surface area is 176 Å². The van der Waals surface area contributed by atoms with Gasteiger partial charge in [0.15, 0.2) is 0 Å². The number of halogens is 1. The Morgan fingerprint density at radius 3 is 2.53 bits per heavy atom. The van der Waals surface area contributed by atoms with Crippen molar-refractivity contribution in [3.63, 3.8) is 0 Å². The van der Waals surface area contributed by atoms with Crippen LogP contribution < -0.4 is 10.6 Å². The van der Waals surface area contributed by atoms with Crippen LogP contribution in [0.4, 0.5) is 5.69 Å². The molecular weight excluding hydrogens is 414 g/mol. The van der Waals surface area contributed by atoms with Crippen molar-refractivity contribution >= 4 is 41.1 Å². The van der Waals surface area contributed by atoms with Gasteiger partial charge in [-0.05, 0) is 30.2 Å². The number of carbonyl (C=O) groups excluding carboxylic acids is 2. The van der Waals surface area contributed by atoms with Gasteiger partial charge in [0.05, 0.1) is 15.5 Å². The van der Waals surface area contributed by atoms with E-state index in [9.17, 15) is 24.5 Å². The molecule has 0 bridgehead atoms. The van der Waals surface area contributed by atoms with Crippen molar-refractivity contribution in [3.05, 3.63) is 80.5 Å². The van der Waals surface area contributed by atoms with E-state index in [1.807, 2.05) is 0 Å². The predicted molar refractivity (Wildman–Crippen MR) is 110 cm³/mol. The molecular formula is C20H18ClN3O6. The highest BCUT2D eigenvalue weighted by atomic mass is 35.5. The van der Waals surface area contributed by atoms with E-state index in [-0.39, 0.29) is 41.4 Å². The average Bonchev–Trinajstić information content (AvgIpc) is 2.70. The Morgan fingerprint density at radius 1 is 1.13 bits per heavy atom. The first-order chi connectivity index (χ1) is 14.3. The minimum Gasteiger partial charge on any atom is -0.481 e. The van der Waals surface area contributed by atoms with Gasteiger partial charge in [-0.1, -0.05) is 35.9 Å². The Balaban J connectivity index is 2.27. The van der Waals surface area contributed by atoms with Crippen LogP contribution >= 0.6 is 11.6 Å². The molecule has 3 N–H and O–H groups in total. The quantitative estimate of drug-likeness (QED) is 0.241. The number of nitro groups is 1. The van der Waals surface area contributed by atoms with E-state index in [4.69, 9.17) is 16.7 Å². The first kappa shape index (κ1) is 22.6. The lowest BCUT2D eigenvalue weighted by Gasteiger charge is -2.12. The first-order valence-corrected chi connectivity index (χ1v) is 9.17. The number of hydrogen-bond donors (Lipinski definition) is 3. The number of benzene rings is 2. The summed E-state index contributed by atoms with van der Waals surface area (Å²) in [7, 11) is 0. The maximum Gasteiger partial charge on any atom is 0.303 e. The molecule has 0 saturated heterocycles. The van der Waals surface area contributed by atoms with Crippen LogP contribution in [0.15, 0.2) is 54.2 Å². The van der Waals surface area contributed by atoms with Gasteiger partial charge < -0.3 is 15.7 Å². The van der Waals surface area contributed by atoms with Gasteiger partial charge in [0, 0.05) is 25.1 Å². The van der Waals surface area contributed by atoms with E-state index in [2.05, 4.69) is 10.6 Å². The molecule has 2 rings (SSSR count). The number of aliphatic carboxylic acids is 1. The Bertz CT molecular complexity index is 1010. The lowest BCUT2D eigenvalue weighted by Crippen LogP contribution is -2.35. The number of hydrogen-bond acceptors (Lipinski definition) is 5. The normalized spacial score (nSPS) is 10.9. The van der Waals surface area contributed by atoms with E-state index in [0.29, 0.717) is 5.56 Å². The third-order valence-corrected chi connectivity index (χ3v) is 4.19. The molecule has 0 aromatic heterocycles. The van der Waals surface area contributed by atoms with E-state index in [1.165, 1.54) is 42.5 Å². The van der Waals surface area contributed by atoms with Crippen molar-refractivity contribution in [1.82, 2.24) is 10.6 Å². The zero-order valence-electron chi connectivity index (χ0n) is 15.6. The summed E-state index contributed by atoms with van der Waals surface area (Å²) in [5, 5.41) is 24.8. The molecule has 9 nitrogen and oxygen atoms in total. The number of nitrogens with one attached hydrogen (secondary N) is 2. The van der Waals surface area contributed by atoms with Gasteiger partial charge in [-0.15, -0.1) is 0 Å². The zero-order valence-corrected chi connectivity index (χ0v) is 16.4. The van der Waals surface area contributed by atoms with E-state index < -0.39 is 22.7 Å². The minimum absolute atomic E-state index is 0.0688. The topological polar surface area (TPSA) is 139 Å². The lowest BCUT2D eigenvalue weighted by atomic mass is 10.1. The average molecular weight is 432 g/mol. The van der Waals surface area contributed by atoms with Crippen LogP contribution in [0, 0.1) is 10.1 Å². The van der Waals surface area contributed by atoms with Crippen molar-refractivity contribution < 1.29 is 24.4 Å². The summed E-state index contributed by atoms with van der Waals surface area (Å²) in [6.07, 6.45) is 1.36. The molecule has 10 heteroatoms. The second kappa shape index (κ2) is 10.7. The summed E-state index contributed by atoms with van der Waals surface area (Å²) in [5.74, 6) is -2.31. The summed E-state index contributed by atoms with van der Waals surface area (Å²) in [6.45, 7) is 0.0688. The second-order valence-corrected chi connectivity index (χ2v) is 6.50. The molecule has 156 valence electrons. The molecule has 0 saturated carbocycles. The molecule has 0 heterocycles. The highest BCUT2D eigenvalue weighted by Crippen LogP contribution is 2.17. The Kier molecular flexibility index (Phi) is 8.07. The fourth-order valence-electron chi connectivity index (χ4n) is 2.42. The summed E-state index contributed by atoms with van der Waals surface area (Å²) < 4.78 is 0. The minimum atomic E-state index is -0.997. The molecule has 0 aliphatic heterocycles. The summed E-state index contributed by atoms with van der Waals surface area (Å²) >= 11 is 6.02. The van der Waals surface area contributed by atoms with Gasteiger partial charge in [-0.3, -0.25) is 24.5 Å². The predicted octanol–water partition coefficient (Wildman–Crippen LogP) is 3.00. The highest BCUT2D eigenvalue weighted by Gasteiger charge is 2.17. The molecule has 2 amide bonds. The third-order valence-electron chi connectivity index (χ3n) is 3.86.